The summed E-state index contributed by atoms with van der Waals surface area (Å²) in [4.78, 5) is 32.4. The van der Waals surface area contributed by atoms with Crippen molar-refractivity contribution < 1.29 is 9.59 Å². The summed E-state index contributed by atoms with van der Waals surface area (Å²) in [5, 5.41) is 0. The molecule has 0 aliphatic carbocycles. The Hall–Kier alpha value is -1.78. The number of fused-ring (bicyclic) bond motifs is 1. The van der Waals surface area contributed by atoms with Crippen molar-refractivity contribution in [3.05, 3.63) is 23.8 Å². The highest BCUT2D eigenvalue weighted by atomic mass is 16.2. The number of nitrogens with zero attached hydrogens (tertiary/aromatic N) is 3. The Labute approximate surface area is 87.1 Å². The van der Waals surface area contributed by atoms with Gasteiger partial charge >= 0.3 is 0 Å². The van der Waals surface area contributed by atoms with Crippen molar-refractivity contribution in [1.82, 2.24) is 14.9 Å². The van der Waals surface area contributed by atoms with Crippen LogP contribution in [0.5, 0.6) is 0 Å². The number of hydrogen-bond donors (Lipinski definition) is 0. The molecule has 0 unspecified atom stereocenters. The highest BCUT2D eigenvalue weighted by Gasteiger charge is 2.37. The van der Waals surface area contributed by atoms with Gasteiger partial charge in [-0.3, -0.25) is 14.5 Å². The maximum atomic E-state index is 11.7. The highest BCUT2D eigenvalue weighted by molar-refractivity contribution is 6.19. The van der Waals surface area contributed by atoms with Crippen molar-refractivity contribution in [1.29, 1.82) is 0 Å². The van der Waals surface area contributed by atoms with Crippen LogP contribution in [-0.4, -0.2) is 33.2 Å². The molecule has 5 nitrogen and oxygen atoms in total. The lowest BCUT2D eigenvalue weighted by Crippen LogP contribution is -2.30. The Bertz CT molecular complexity index is 382. The lowest BCUT2D eigenvalue weighted by molar-refractivity contribution is 0.0648. The number of hydrogen-bond acceptors (Lipinski definition) is 4. The van der Waals surface area contributed by atoms with Gasteiger partial charge in [-0.15, -0.1) is 0 Å². The third kappa shape index (κ3) is 1.49. The number of carbonyl (C=O) groups excluding carboxylic acids is 2. The van der Waals surface area contributed by atoms with Crippen LogP contribution in [0.2, 0.25) is 0 Å². The van der Waals surface area contributed by atoms with Gasteiger partial charge in [-0.25, -0.2) is 9.97 Å². The molecule has 0 saturated carbocycles. The zero-order valence-electron chi connectivity index (χ0n) is 8.43. The maximum absolute atomic E-state index is 11.7. The van der Waals surface area contributed by atoms with Crippen molar-refractivity contribution in [3.8, 4) is 0 Å². The lowest BCUT2D eigenvalue weighted by atomic mass is 10.3. The average molecular weight is 205 g/mol. The molecule has 2 heterocycles. The second-order valence-corrected chi connectivity index (χ2v) is 3.37. The summed E-state index contributed by atoms with van der Waals surface area (Å²) in [5.41, 5.74) is 0.359. The Morgan fingerprint density at radius 3 is 2.13 bits per heavy atom. The van der Waals surface area contributed by atoms with E-state index < -0.39 is 0 Å². The first-order chi connectivity index (χ1) is 7.25. The third-order valence-electron chi connectivity index (χ3n) is 2.33. The largest absolute Gasteiger partial charge is 0.281 e. The molecule has 0 spiro atoms. The van der Waals surface area contributed by atoms with Crippen LogP contribution in [0.1, 0.15) is 40.7 Å². The standard InChI is InChI=1S/C10H11N3O2/c1-2-3-6-13-9(14)7-8(10(13)15)12-5-4-11-7/h4-5H,2-3,6H2,1H3. The molecule has 0 N–H and O–H groups in total. The first-order valence-electron chi connectivity index (χ1n) is 4.93. The Morgan fingerprint density at radius 1 is 1.13 bits per heavy atom. The summed E-state index contributed by atoms with van der Waals surface area (Å²) in [7, 11) is 0. The van der Waals surface area contributed by atoms with Gasteiger partial charge in [-0.2, -0.15) is 0 Å². The first kappa shape index (κ1) is 9.76. The van der Waals surface area contributed by atoms with Crippen LogP contribution in [0.4, 0.5) is 0 Å². The molecule has 15 heavy (non-hydrogen) atoms. The summed E-state index contributed by atoms with van der Waals surface area (Å²) in [6, 6.07) is 0. The quantitative estimate of drug-likeness (QED) is 0.687. The Kier molecular flexibility index (Phi) is 2.45. The van der Waals surface area contributed by atoms with E-state index in [9.17, 15) is 9.59 Å². The number of aromatic nitrogens is 2. The molecule has 1 aliphatic heterocycles. The van der Waals surface area contributed by atoms with Crippen LogP contribution in [0.25, 0.3) is 0 Å². The van der Waals surface area contributed by atoms with Gasteiger partial charge < -0.3 is 0 Å². The van der Waals surface area contributed by atoms with E-state index in [0.717, 1.165) is 12.8 Å². The predicted octanol–water partition coefficient (Wildman–Crippen LogP) is 0.873. The fraction of sp³-hybridized carbons (Fsp3) is 0.400. The fourth-order valence-corrected chi connectivity index (χ4v) is 1.52. The van der Waals surface area contributed by atoms with Crippen LogP contribution >= 0.6 is 0 Å². The smallest absolute Gasteiger partial charge is 0.272 e. The molecule has 1 aromatic heterocycles. The second-order valence-electron chi connectivity index (χ2n) is 3.37. The zero-order chi connectivity index (χ0) is 10.8. The van der Waals surface area contributed by atoms with Gasteiger partial charge in [0.05, 0.1) is 0 Å². The van der Waals surface area contributed by atoms with Gasteiger partial charge in [-0.05, 0) is 6.42 Å². The van der Waals surface area contributed by atoms with Gasteiger partial charge in [-0.1, -0.05) is 13.3 Å². The van der Waals surface area contributed by atoms with E-state index in [1.165, 1.54) is 17.3 Å². The summed E-state index contributed by atoms with van der Waals surface area (Å²) in [6.45, 7) is 2.46. The molecule has 0 fully saturated rings. The second kappa shape index (κ2) is 3.76. The van der Waals surface area contributed by atoms with E-state index in [1.807, 2.05) is 6.92 Å². The molecular formula is C10H11N3O2. The lowest BCUT2D eigenvalue weighted by Gasteiger charge is -2.11. The van der Waals surface area contributed by atoms with Crippen LogP contribution in [0.3, 0.4) is 0 Å². The number of amides is 2. The highest BCUT2D eigenvalue weighted by Crippen LogP contribution is 2.18. The SMILES string of the molecule is CCCCN1C(=O)c2nccnc2C1=O. The van der Waals surface area contributed by atoms with Crippen LogP contribution in [0.15, 0.2) is 12.4 Å². The van der Waals surface area contributed by atoms with E-state index in [0.29, 0.717) is 6.54 Å². The van der Waals surface area contributed by atoms with Crippen molar-refractivity contribution in [2.45, 2.75) is 19.8 Å². The van der Waals surface area contributed by atoms with Gasteiger partial charge in [0.25, 0.3) is 11.8 Å². The van der Waals surface area contributed by atoms with Gasteiger partial charge in [0.2, 0.25) is 0 Å². The monoisotopic (exact) mass is 205 g/mol. The molecule has 78 valence electrons. The summed E-state index contributed by atoms with van der Waals surface area (Å²) < 4.78 is 0. The Balaban J connectivity index is 2.29. The van der Waals surface area contributed by atoms with E-state index in [4.69, 9.17) is 0 Å². The number of rotatable bonds is 3. The molecule has 0 radical (unpaired) electrons. The maximum Gasteiger partial charge on any atom is 0.281 e. The predicted molar refractivity (Wildman–Crippen MR) is 52.3 cm³/mol. The molecule has 0 aromatic carbocycles. The normalized spacial score (nSPS) is 14.6. The average Bonchev–Trinajstić information content (AvgIpc) is 2.51. The van der Waals surface area contributed by atoms with Crippen LogP contribution in [0, 0.1) is 0 Å². The van der Waals surface area contributed by atoms with Crippen molar-refractivity contribution >= 4 is 11.8 Å². The zero-order valence-corrected chi connectivity index (χ0v) is 8.43. The van der Waals surface area contributed by atoms with E-state index in [-0.39, 0.29) is 23.2 Å². The van der Waals surface area contributed by atoms with E-state index >= 15 is 0 Å². The summed E-state index contributed by atoms with van der Waals surface area (Å²) in [5.74, 6) is -0.645. The minimum Gasteiger partial charge on any atom is -0.272 e. The van der Waals surface area contributed by atoms with Crippen molar-refractivity contribution in [2.75, 3.05) is 6.54 Å². The minimum atomic E-state index is -0.323. The van der Waals surface area contributed by atoms with E-state index in [2.05, 4.69) is 9.97 Å². The molecule has 5 heteroatoms. The van der Waals surface area contributed by atoms with Gasteiger partial charge in [0.1, 0.15) is 0 Å². The molecule has 2 rings (SSSR count). The topological polar surface area (TPSA) is 63.2 Å². The first-order valence-corrected chi connectivity index (χ1v) is 4.93. The molecule has 0 saturated heterocycles. The van der Waals surface area contributed by atoms with Crippen LogP contribution in [-0.2, 0) is 0 Å². The van der Waals surface area contributed by atoms with Crippen molar-refractivity contribution in [2.24, 2.45) is 0 Å². The molecule has 1 aromatic rings. The minimum absolute atomic E-state index is 0.179. The van der Waals surface area contributed by atoms with Gasteiger partial charge in [0.15, 0.2) is 11.4 Å². The molecular weight excluding hydrogens is 194 g/mol. The number of imide groups is 1. The fourth-order valence-electron chi connectivity index (χ4n) is 1.52. The van der Waals surface area contributed by atoms with Gasteiger partial charge in [0, 0.05) is 18.9 Å². The Morgan fingerprint density at radius 2 is 1.67 bits per heavy atom. The van der Waals surface area contributed by atoms with E-state index in [1.54, 1.807) is 0 Å². The van der Waals surface area contributed by atoms with Crippen LogP contribution < -0.4 is 0 Å². The molecule has 2 amide bonds. The number of unbranched alkanes of at least 4 members (excludes halogenated alkanes) is 1. The van der Waals surface area contributed by atoms with Crippen molar-refractivity contribution in [3.63, 3.8) is 0 Å². The molecule has 1 aliphatic rings. The third-order valence-corrected chi connectivity index (χ3v) is 2.33. The number of carbonyl (C=O) groups is 2. The summed E-state index contributed by atoms with van der Waals surface area (Å²) in [6.07, 6.45) is 4.60. The molecule has 0 bridgehead atoms. The summed E-state index contributed by atoms with van der Waals surface area (Å²) >= 11 is 0. The molecule has 0 atom stereocenters.